The zero-order valence-electron chi connectivity index (χ0n) is 24.3. The molecule has 1 saturated carbocycles. The highest BCUT2D eigenvalue weighted by Crippen LogP contribution is 2.46. The van der Waals surface area contributed by atoms with Crippen LogP contribution in [0.4, 0.5) is 0 Å². The minimum atomic E-state index is -3.94. The molecule has 2 aliphatic rings. The van der Waals surface area contributed by atoms with Crippen molar-refractivity contribution in [2.24, 2.45) is 17.3 Å². The fraction of sp³-hybridized carbons (Fsp3) is 0.600. The lowest BCUT2D eigenvalue weighted by atomic mass is 9.62. The summed E-state index contributed by atoms with van der Waals surface area (Å²) >= 11 is 0. The Labute approximate surface area is 235 Å². The Bertz CT molecular complexity index is 1350. The zero-order chi connectivity index (χ0) is 28.8. The molecule has 0 bridgehead atoms. The van der Waals surface area contributed by atoms with Gasteiger partial charge in [0.2, 0.25) is 15.9 Å². The number of sulfonamides is 1. The number of hydrogen-bond donors (Lipinski definition) is 2. The van der Waals surface area contributed by atoms with E-state index in [9.17, 15) is 18.0 Å². The third-order valence-corrected chi connectivity index (χ3v) is 11.3. The molecule has 2 aromatic carbocycles. The van der Waals surface area contributed by atoms with Gasteiger partial charge in [-0.05, 0) is 61.2 Å². The number of β-lactam (4-membered cyclic amide) rings is 1. The molecule has 1 heterocycles. The highest BCUT2D eigenvalue weighted by Gasteiger charge is 2.59. The van der Waals surface area contributed by atoms with Gasteiger partial charge >= 0.3 is 0 Å². The first-order valence-electron chi connectivity index (χ1n) is 14.2. The Morgan fingerprint density at radius 2 is 1.64 bits per heavy atom. The van der Waals surface area contributed by atoms with Crippen LogP contribution in [0.25, 0.3) is 10.8 Å². The summed E-state index contributed by atoms with van der Waals surface area (Å²) in [6.07, 6.45) is 4.69. The topological polar surface area (TPSA) is 102 Å². The van der Waals surface area contributed by atoms with E-state index < -0.39 is 42.5 Å². The molecule has 2 aromatic rings. The van der Waals surface area contributed by atoms with Crippen LogP contribution < -0.4 is 10.0 Å². The van der Waals surface area contributed by atoms with E-state index in [-0.39, 0.29) is 33.6 Å². The molecule has 0 aromatic heterocycles. The molecule has 4 rings (SSSR count). The first-order chi connectivity index (χ1) is 18.2. The molecule has 0 radical (unpaired) electrons. The molecule has 2 fully saturated rings. The largest absolute Gasteiger partial charge is 0.414 e. The number of ketones is 1. The number of rotatable bonds is 9. The van der Waals surface area contributed by atoms with E-state index in [0.717, 1.165) is 42.9 Å². The van der Waals surface area contributed by atoms with Gasteiger partial charge in [-0.1, -0.05) is 71.2 Å². The van der Waals surface area contributed by atoms with Crippen molar-refractivity contribution in [3.05, 3.63) is 42.0 Å². The van der Waals surface area contributed by atoms with Crippen molar-refractivity contribution in [1.82, 2.24) is 10.0 Å². The summed E-state index contributed by atoms with van der Waals surface area (Å²) < 4.78 is 36.9. The third-order valence-electron chi connectivity index (χ3n) is 8.80. The average Bonchev–Trinajstić information content (AvgIpc) is 2.84. The summed E-state index contributed by atoms with van der Waals surface area (Å²) in [4.78, 5) is 27.2. The summed E-state index contributed by atoms with van der Waals surface area (Å²) in [5, 5.41) is 4.52. The standard InChI is InChI=1S/C30H44N2O5SSi/c1-19(26-25(28(34)31-26)30(5,29(2,3)4)37-39(6)7)27(33)23-17-20-13-11-12-14-21(20)18-24(23)38(35,36)32-22-15-9-8-10-16-22/h11-14,17-19,22,25-26,32,39H,8-10,15-16H2,1-7H3,(H,31,34)/t19-,25-,26-,30-/m1/s1. The van der Waals surface area contributed by atoms with E-state index >= 15 is 0 Å². The van der Waals surface area contributed by atoms with Crippen LogP contribution in [0, 0.1) is 17.3 Å². The lowest BCUT2D eigenvalue weighted by Gasteiger charge is -2.55. The smallest absolute Gasteiger partial charge is 0.241 e. The number of fused-ring (bicyclic) bond motifs is 1. The van der Waals surface area contributed by atoms with Crippen LogP contribution in [0.2, 0.25) is 13.1 Å². The number of amides is 1. The van der Waals surface area contributed by atoms with Crippen molar-refractivity contribution >= 4 is 41.5 Å². The first kappa shape index (κ1) is 29.9. The van der Waals surface area contributed by atoms with Crippen LogP contribution in [-0.4, -0.2) is 46.8 Å². The van der Waals surface area contributed by atoms with E-state index in [2.05, 4.69) is 43.9 Å². The Balaban J connectivity index is 1.73. The molecule has 9 heteroatoms. The first-order valence-corrected chi connectivity index (χ1v) is 18.5. The molecule has 0 spiro atoms. The Kier molecular flexibility index (Phi) is 8.49. The molecule has 4 atom stereocenters. The Morgan fingerprint density at radius 1 is 1.05 bits per heavy atom. The predicted molar refractivity (Wildman–Crippen MR) is 158 cm³/mol. The molecule has 7 nitrogen and oxygen atoms in total. The summed E-state index contributed by atoms with van der Waals surface area (Å²) in [5.41, 5.74) is -0.953. The van der Waals surface area contributed by atoms with Crippen molar-refractivity contribution in [2.45, 2.75) is 102 Å². The molecule has 1 saturated heterocycles. The van der Waals surface area contributed by atoms with Gasteiger partial charge in [-0.15, -0.1) is 0 Å². The van der Waals surface area contributed by atoms with Gasteiger partial charge in [0.15, 0.2) is 14.8 Å². The van der Waals surface area contributed by atoms with Crippen LogP contribution >= 0.6 is 0 Å². The summed E-state index contributed by atoms with van der Waals surface area (Å²) in [6, 6.07) is 10.2. The second kappa shape index (κ2) is 11.1. The maximum absolute atomic E-state index is 14.2. The highest BCUT2D eigenvalue weighted by atomic mass is 32.2. The number of benzene rings is 2. The Morgan fingerprint density at radius 3 is 2.18 bits per heavy atom. The normalized spacial score (nSPS) is 23.2. The van der Waals surface area contributed by atoms with Gasteiger partial charge in [0, 0.05) is 17.5 Å². The SMILES string of the molecule is C[C@@H](C(=O)c1cc2ccccc2cc1S(=O)(=O)NC1CCCCC1)[C@H]1NC(=O)[C@@H]1[C@@](C)(O[SiH](C)C)C(C)(C)C. The van der Waals surface area contributed by atoms with E-state index in [4.69, 9.17) is 4.43 Å². The van der Waals surface area contributed by atoms with Gasteiger partial charge in [-0.2, -0.15) is 0 Å². The van der Waals surface area contributed by atoms with Gasteiger partial charge in [-0.25, -0.2) is 13.1 Å². The van der Waals surface area contributed by atoms with Crippen LogP contribution in [0.3, 0.4) is 0 Å². The summed E-state index contributed by atoms with van der Waals surface area (Å²) in [5.74, 6) is -1.58. The molecule has 214 valence electrons. The van der Waals surface area contributed by atoms with Crippen LogP contribution in [0.5, 0.6) is 0 Å². The number of carbonyl (C=O) groups excluding carboxylic acids is 2. The lowest BCUT2D eigenvalue weighted by Crippen LogP contribution is -2.72. The van der Waals surface area contributed by atoms with Crippen molar-refractivity contribution in [1.29, 1.82) is 0 Å². The number of nitrogens with one attached hydrogen (secondary N) is 2. The average molecular weight is 573 g/mol. The zero-order valence-corrected chi connectivity index (χ0v) is 26.3. The second-order valence-electron chi connectivity index (χ2n) is 12.8. The van der Waals surface area contributed by atoms with E-state index in [1.807, 2.05) is 31.2 Å². The minimum absolute atomic E-state index is 0.00949. The van der Waals surface area contributed by atoms with Crippen LogP contribution in [-0.2, 0) is 19.2 Å². The molecule has 2 N–H and O–H groups in total. The van der Waals surface area contributed by atoms with Gasteiger partial charge in [0.25, 0.3) is 0 Å². The summed E-state index contributed by atoms with van der Waals surface area (Å²) in [6.45, 7) is 14.1. The van der Waals surface area contributed by atoms with Gasteiger partial charge in [0.1, 0.15) is 0 Å². The number of carbonyl (C=O) groups is 2. The van der Waals surface area contributed by atoms with Crippen molar-refractivity contribution < 1.29 is 22.4 Å². The lowest BCUT2D eigenvalue weighted by molar-refractivity contribution is -0.161. The molecular weight excluding hydrogens is 528 g/mol. The van der Waals surface area contributed by atoms with Gasteiger partial charge in [0.05, 0.1) is 22.5 Å². The van der Waals surface area contributed by atoms with Gasteiger partial charge < -0.3 is 9.74 Å². The van der Waals surface area contributed by atoms with E-state index in [1.165, 1.54) is 0 Å². The fourth-order valence-corrected chi connectivity index (χ4v) is 9.18. The highest BCUT2D eigenvalue weighted by molar-refractivity contribution is 7.89. The maximum atomic E-state index is 14.2. The second-order valence-corrected chi connectivity index (χ2v) is 16.9. The van der Waals surface area contributed by atoms with Crippen LogP contribution in [0.1, 0.15) is 77.1 Å². The maximum Gasteiger partial charge on any atom is 0.241 e. The Hall–Kier alpha value is -2.07. The molecule has 1 aliphatic carbocycles. The van der Waals surface area contributed by atoms with Crippen molar-refractivity contribution in [2.75, 3.05) is 0 Å². The molecule has 39 heavy (non-hydrogen) atoms. The van der Waals surface area contributed by atoms with Crippen LogP contribution in [0.15, 0.2) is 41.3 Å². The number of Topliss-reactive ketones (excluding diaryl/α,β-unsaturated/α-hetero) is 1. The summed E-state index contributed by atoms with van der Waals surface area (Å²) in [7, 11) is -5.48. The van der Waals surface area contributed by atoms with Crippen molar-refractivity contribution in [3.8, 4) is 0 Å². The van der Waals surface area contributed by atoms with E-state index in [1.54, 1.807) is 19.1 Å². The van der Waals surface area contributed by atoms with Crippen molar-refractivity contribution in [3.63, 3.8) is 0 Å². The van der Waals surface area contributed by atoms with E-state index in [0.29, 0.717) is 0 Å². The fourth-order valence-electron chi connectivity index (χ4n) is 6.16. The predicted octanol–water partition coefficient (Wildman–Crippen LogP) is 5.19. The molecule has 0 unspecified atom stereocenters. The third kappa shape index (κ3) is 5.87. The number of hydrogen-bond acceptors (Lipinski definition) is 5. The molecule has 1 amide bonds. The minimum Gasteiger partial charge on any atom is -0.414 e. The molecular formula is C30H44N2O5SSi. The monoisotopic (exact) mass is 572 g/mol. The molecule has 1 aliphatic heterocycles. The van der Waals surface area contributed by atoms with Gasteiger partial charge in [-0.3, -0.25) is 9.59 Å². The quantitative estimate of drug-likeness (QED) is 0.245.